The second kappa shape index (κ2) is 14.7. The van der Waals surface area contributed by atoms with Crippen molar-refractivity contribution in [2.24, 2.45) is 0 Å². The van der Waals surface area contributed by atoms with E-state index < -0.39 is 17.1 Å². The van der Waals surface area contributed by atoms with Crippen LogP contribution in [0.15, 0.2) is 108 Å². The third-order valence-electron chi connectivity index (χ3n) is 6.16. The molecule has 0 fully saturated rings. The summed E-state index contributed by atoms with van der Waals surface area (Å²) in [6, 6.07) is 28.6. The maximum absolute atomic E-state index is 13.4. The Kier molecular flexibility index (Phi) is 10.8. The van der Waals surface area contributed by atoms with Crippen molar-refractivity contribution in [2.45, 2.75) is 30.4 Å². The average molecular weight is 619 g/mol. The smallest absolute Gasteiger partial charge is 0.272 e. The predicted octanol–water partition coefficient (Wildman–Crippen LogP) is 8.22. The maximum Gasteiger partial charge on any atom is 0.272 e. The quantitative estimate of drug-likeness (QED) is 0.124. The molecule has 0 heterocycles. The van der Waals surface area contributed by atoms with E-state index in [4.69, 9.17) is 23.2 Å². The Morgan fingerprint density at radius 3 is 2.29 bits per heavy atom. The van der Waals surface area contributed by atoms with Gasteiger partial charge in [-0.1, -0.05) is 90.3 Å². The van der Waals surface area contributed by atoms with Gasteiger partial charge in [0, 0.05) is 16.1 Å². The fraction of sp³-hybridized carbons (Fsp3) is 0.121. The van der Waals surface area contributed by atoms with Crippen LogP contribution < -0.4 is 16.0 Å². The molecule has 0 bridgehead atoms. The minimum Gasteiger partial charge on any atom is -0.324 e. The molecule has 0 saturated carbocycles. The van der Waals surface area contributed by atoms with E-state index in [2.05, 4.69) is 16.0 Å². The van der Waals surface area contributed by atoms with E-state index in [1.165, 1.54) is 11.8 Å². The SMILES string of the molecule is CCC(Sc1cccc(NC(=O)/C(=C\c2ccc(C)cc2)NC(=O)c2ccccc2)c1)C(=O)Nc1cccc(Cl)c1Cl. The minimum atomic E-state index is -0.484. The monoisotopic (exact) mass is 617 g/mol. The van der Waals surface area contributed by atoms with Crippen molar-refractivity contribution in [1.29, 1.82) is 0 Å². The highest BCUT2D eigenvalue weighted by atomic mass is 35.5. The molecule has 4 aromatic rings. The molecule has 1 unspecified atom stereocenters. The second-order valence-corrected chi connectivity index (χ2v) is 11.4. The lowest BCUT2D eigenvalue weighted by molar-refractivity contribution is -0.116. The van der Waals surface area contributed by atoms with Crippen LogP contribution >= 0.6 is 35.0 Å². The summed E-state index contributed by atoms with van der Waals surface area (Å²) in [7, 11) is 0. The lowest BCUT2D eigenvalue weighted by atomic mass is 10.1. The molecule has 214 valence electrons. The number of anilines is 2. The largest absolute Gasteiger partial charge is 0.324 e. The number of nitrogens with one attached hydrogen (secondary N) is 3. The molecule has 6 nitrogen and oxygen atoms in total. The highest BCUT2D eigenvalue weighted by Gasteiger charge is 2.20. The Labute approximate surface area is 259 Å². The molecule has 0 spiro atoms. The number of halogens is 2. The first-order chi connectivity index (χ1) is 20.2. The van der Waals surface area contributed by atoms with Gasteiger partial charge >= 0.3 is 0 Å². The van der Waals surface area contributed by atoms with E-state index >= 15 is 0 Å². The molecule has 0 aliphatic carbocycles. The zero-order valence-corrected chi connectivity index (χ0v) is 25.3. The molecular weight excluding hydrogens is 589 g/mol. The summed E-state index contributed by atoms with van der Waals surface area (Å²) in [6.07, 6.45) is 2.19. The van der Waals surface area contributed by atoms with Gasteiger partial charge in [0.05, 0.1) is 21.0 Å². The fourth-order valence-corrected chi connectivity index (χ4v) is 5.28. The average Bonchev–Trinajstić information content (AvgIpc) is 2.99. The molecule has 9 heteroatoms. The summed E-state index contributed by atoms with van der Waals surface area (Å²) in [5, 5.41) is 8.69. The molecule has 0 aromatic heterocycles. The van der Waals surface area contributed by atoms with Crippen LogP contribution in [0.3, 0.4) is 0 Å². The number of benzene rings is 4. The van der Waals surface area contributed by atoms with E-state index in [0.29, 0.717) is 28.4 Å². The Morgan fingerprint density at radius 2 is 1.57 bits per heavy atom. The van der Waals surface area contributed by atoms with E-state index in [0.717, 1.165) is 16.0 Å². The Morgan fingerprint density at radius 1 is 0.857 bits per heavy atom. The minimum absolute atomic E-state index is 0.0926. The molecule has 4 aromatic carbocycles. The first kappa shape index (κ1) is 30.9. The van der Waals surface area contributed by atoms with Crippen molar-refractivity contribution < 1.29 is 14.4 Å². The highest BCUT2D eigenvalue weighted by molar-refractivity contribution is 8.00. The number of rotatable bonds is 10. The van der Waals surface area contributed by atoms with Gasteiger partial charge in [-0.15, -0.1) is 11.8 Å². The van der Waals surface area contributed by atoms with Crippen LogP contribution in [-0.2, 0) is 9.59 Å². The van der Waals surface area contributed by atoms with Crippen LogP contribution in [0.4, 0.5) is 11.4 Å². The van der Waals surface area contributed by atoms with E-state index in [1.807, 2.05) is 50.2 Å². The number of aryl methyl sites for hydroxylation is 1. The Balaban J connectivity index is 1.50. The van der Waals surface area contributed by atoms with E-state index in [-0.39, 0.29) is 16.6 Å². The van der Waals surface area contributed by atoms with E-state index in [9.17, 15) is 14.4 Å². The topological polar surface area (TPSA) is 87.3 Å². The van der Waals surface area contributed by atoms with Crippen LogP contribution in [-0.4, -0.2) is 23.0 Å². The van der Waals surface area contributed by atoms with Crippen molar-refractivity contribution in [1.82, 2.24) is 5.32 Å². The summed E-state index contributed by atoms with van der Waals surface area (Å²) in [5.74, 6) is -1.10. The normalized spacial score (nSPS) is 11.9. The van der Waals surface area contributed by atoms with Crippen LogP contribution in [0.5, 0.6) is 0 Å². The maximum atomic E-state index is 13.4. The number of thioether (sulfide) groups is 1. The van der Waals surface area contributed by atoms with Gasteiger partial charge in [0.1, 0.15) is 5.70 Å². The third-order valence-corrected chi connectivity index (χ3v) is 8.34. The van der Waals surface area contributed by atoms with Crippen molar-refractivity contribution >= 4 is 70.1 Å². The van der Waals surface area contributed by atoms with Crippen molar-refractivity contribution in [3.63, 3.8) is 0 Å². The molecule has 0 saturated heterocycles. The summed E-state index contributed by atoms with van der Waals surface area (Å²) in [4.78, 5) is 40.1. The molecule has 4 rings (SSSR count). The molecule has 0 aliphatic rings. The molecule has 42 heavy (non-hydrogen) atoms. The van der Waals surface area contributed by atoms with Crippen LogP contribution in [0.25, 0.3) is 6.08 Å². The lowest BCUT2D eigenvalue weighted by Gasteiger charge is -2.16. The lowest BCUT2D eigenvalue weighted by Crippen LogP contribution is -2.30. The molecule has 3 N–H and O–H groups in total. The Hall–Kier alpha value is -4.04. The van der Waals surface area contributed by atoms with Gasteiger partial charge < -0.3 is 16.0 Å². The fourth-order valence-electron chi connectivity index (χ4n) is 3.92. The number of carbonyl (C=O) groups excluding carboxylic acids is 3. The summed E-state index contributed by atoms with van der Waals surface area (Å²) in [6.45, 7) is 3.89. The van der Waals surface area contributed by atoms with Gasteiger partial charge in [-0.05, 0) is 67.4 Å². The zero-order chi connectivity index (χ0) is 30.1. The number of carbonyl (C=O) groups is 3. The molecular formula is C33H29Cl2N3O3S. The van der Waals surface area contributed by atoms with Gasteiger partial charge in [0.15, 0.2) is 0 Å². The van der Waals surface area contributed by atoms with Crippen LogP contribution in [0.2, 0.25) is 10.0 Å². The third kappa shape index (κ3) is 8.49. The summed E-state index contributed by atoms with van der Waals surface area (Å²) in [5.41, 5.74) is 3.33. The van der Waals surface area contributed by atoms with Crippen LogP contribution in [0, 0.1) is 6.92 Å². The van der Waals surface area contributed by atoms with Crippen molar-refractivity contribution in [3.8, 4) is 0 Å². The molecule has 1 atom stereocenters. The predicted molar refractivity (Wildman–Crippen MR) is 173 cm³/mol. The number of amides is 3. The van der Waals surface area contributed by atoms with Gasteiger partial charge in [0.25, 0.3) is 11.8 Å². The summed E-state index contributed by atoms with van der Waals surface area (Å²) < 4.78 is 0. The number of hydrogen-bond acceptors (Lipinski definition) is 4. The highest BCUT2D eigenvalue weighted by Crippen LogP contribution is 2.32. The first-order valence-electron chi connectivity index (χ1n) is 13.2. The molecule has 3 amide bonds. The second-order valence-electron chi connectivity index (χ2n) is 9.38. The van der Waals surface area contributed by atoms with Gasteiger partial charge in [0.2, 0.25) is 5.91 Å². The van der Waals surface area contributed by atoms with E-state index in [1.54, 1.807) is 66.7 Å². The standard InChI is InChI=1S/C33H29Cl2N3O3S/c1-3-29(33(41)37-27-14-8-13-26(34)30(27)35)42-25-12-7-11-24(20-25)36-32(40)28(19-22-17-15-21(2)16-18-22)38-31(39)23-9-5-4-6-10-23/h4-20,29H,3H2,1-2H3,(H,36,40)(H,37,41)(H,38,39)/b28-19+. The Bertz CT molecular complexity index is 1610. The van der Waals surface area contributed by atoms with Gasteiger partial charge in [-0.2, -0.15) is 0 Å². The molecule has 0 aliphatic heterocycles. The van der Waals surface area contributed by atoms with Crippen molar-refractivity contribution in [3.05, 3.63) is 129 Å². The van der Waals surface area contributed by atoms with Gasteiger partial charge in [-0.25, -0.2) is 0 Å². The zero-order valence-electron chi connectivity index (χ0n) is 23.0. The molecule has 0 radical (unpaired) electrons. The summed E-state index contributed by atoms with van der Waals surface area (Å²) >= 11 is 13.7. The first-order valence-corrected chi connectivity index (χ1v) is 14.8. The van der Waals surface area contributed by atoms with Crippen molar-refractivity contribution in [2.75, 3.05) is 10.6 Å². The van der Waals surface area contributed by atoms with Crippen LogP contribution in [0.1, 0.15) is 34.8 Å². The van der Waals surface area contributed by atoms with Gasteiger partial charge in [-0.3, -0.25) is 14.4 Å². The number of hydrogen-bond donors (Lipinski definition) is 3.